The van der Waals surface area contributed by atoms with Gasteiger partial charge in [-0.2, -0.15) is 0 Å². The van der Waals surface area contributed by atoms with Crippen molar-refractivity contribution in [2.45, 2.75) is 58.5 Å². The first-order valence-electron chi connectivity index (χ1n) is 10.7. The van der Waals surface area contributed by atoms with E-state index in [0.29, 0.717) is 5.56 Å². The SMILES string of the molecule is C/C=N\C(C)Nc1cc(C(=O)OC)cc(-c2cccc(SCC)c2)c1C(C)C=C(C)C. The lowest BCUT2D eigenvalue weighted by atomic mass is 9.87. The Balaban J connectivity index is 2.81. The fourth-order valence-corrected chi connectivity index (χ4v) is 4.45. The third-order valence-electron chi connectivity index (χ3n) is 4.83. The highest BCUT2D eigenvalue weighted by molar-refractivity contribution is 7.99. The van der Waals surface area contributed by atoms with E-state index in [4.69, 9.17) is 4.74 Å². The number of rotatable bonds is 9. The molecule has 1 N–H and O–H groups in total. The van der Waals surface area contributed by atoms with Gasteiger partial charge in [0.05, 0.1) is 12.7 Å². The molecule has 0 saturated carbocycles. The van der Waals surface area contributed by atoms with Gasteiger partial charge in [0.2, 0.25) is 0 Å². The van der Waals surface area contributed by atoms with Crippen LogP contribution in [0.25, 0.3) is 11.1 Å². The van der Waals surface area contributed by atoms with Crippen LogP contribution in [0.4, 0.5) is 5.69 Å². The second kappa shape index (κ2) is 11.8. The molecule has 166 valence electrons. The number of aliphatic imine (C=N–C) groups is 1. The molecule has 2 atom stereocenters. The van der Waals surface area contributed by atoms with Crippen molar-refractivity contribution in [3.05, 3.63) is 59.2 Å². The van der Waals surface area contributed by atoms with Crippen molar-refractivity contribution in [2.75, 3.05) is 18.2 Å². The second-order valence-corrected chi connectivity index (χ2v) is 9.04. The fourth-order valence-electron chi connectivity index (χ4n) is 3.73. The number of allylic oxidation sites excluding steroid dienone is 2. The molecule has 0 aliphatic carbocycles. The Morgan fingerprint density at radius 1 is 1.23 bits per heavy atom. The molecular weight excluding hydrogens is 404 g/mol. The number of methoxy groups -OCH3 is 1. The van der Waals surface area contributed by atoms with Gasteiger partial charge in [0.1, 0.15) is 6.17 Å². The van der Waals surface area contributed by atoms with Crippen LogP contribution in [0.5, 0.6) is 0 Å². The third-order valence-corrected chi connectivity index (χ3v) is 5.71. The van der Waals surface area contributed by atoms with Gasteiger partial charge in [-0.05, 0) is 80.6 Å². The summed E-state index contributed by atoms with van der Waals surface area (Å²) in [5.41, 5.74) is 5.93. The number of ether oxygens (including phenoxy) is 1. The molecule has 2 unspecified atom stereocenters. The third kappa shape index (κ3) is 6.73. The smallest absolute Gasteiger partial charge is 0.337 e. The second-order valence-electron chi connectivity index (χ2n) is 7.70. The van der Waals surface area contributed by atoms with Gasteiger partial charge >= 0.3 is 5.97 Å². The average Bonchev–Trinajstić information content (AvgIpc) is 2.72. The number of carbonyl (C=O) groups is 1. The molecule has 0 bridgehead atoms. The first kappa shape index (κ1) is 24.7. The zero-order chi connectivity index (χ0) is 23.0. The molecule has 0 aliphatic rings. The molecule has 0 saturated heterocycles. The molecular formula is C26H34N2O2S. The lowest BCUT2D eigenvalue weighted by molar-refractivity contribution is 0.0601. The van der Waals surface area contributed by atoms with Crippen LogP contribution in [-0.4, -0.2) is 31.2 Å². The van der Waals surface area contributed by atoms with E-state index in [1.54, 1.807) is 6.21 Å². The largest absolute Gasteiger partial charge is 0.465 e. The van der Waals surface area contributed by atoms with E-state index >= 15 is 0 Å². The molecule has 0 spiro atoms. The van der Waals surface area contributed by atoms with Crippen LogP contribution in [-0.2, 0) is 4.74 Å². The van der Waals surface area contributed by atoms with E-state index in [2.05, 4.69) is 68.3 Å². The van der Waals surface area contributed by atoms with Gasteiger partial charge in [-0.25, -0.2) is 4.79 Å². The number of thioether (sulfide) groups is 1. The molecule has 0 aromatic heterocycles. The van der Waals surface area contributed by atoms with Crippen LogP contribution in [0, 0.1) is 0 Å². The van der Waals surface area contributed by atoms with E-state index in [1.165, 1.54) is 17.6 Å². The topological polar surface area (TPSA) is 50.7 Å². The summed E-state index contributed by atoms with van der Waals surface area (Å²) in [4.78, 5) is 18.2. The minimum absolute atomic E-state index is 0.120. The van der Waals surface area contributed by atoms with Gasteiger partial charge < -0.3 is 10.1 Å². The monoisotopic (exact) mass is 438 g/mol. The van der Waals surface area contributed by atoms with Crippen LogP contribution < -0.4 is 5.32 Å². The summed E-state index contributed by atoms with van der Waals surface area (Å²) in [6.07, 6.45) is 3.92. The predicted molar refractivity (Wildman–Crippen MR) is 135 cm³/mol. The van der Waals surface area contributed by atoms with Crippen molar-refractivity contribution < 1.29 is 9.53 Å². The minimum atomic E-state index is -0.351. The highest BCUT2D eigenvalue weighted by Crippen LogP contribution is 2.39. The lowest BCUT2D eigenvalue weighted by Gasteiger charge is -2.23. The number of benzene rings is 2. The Morgan fingerprint density at radius 3 is 2.58 bits per heavy atom. The summed E-state index contributed by atoms with van der Waals surface area (Å²) in [6, 6.07) is 12.3. The van der Waals surface area contributed by atoms with Gasteiger partial charge in [0.15, 0.2) is 0 Å². The molecule has 5 heteroatoms. The standard InChI is InChI=1S/C26H34N2O2S/c1-8-27-19(6)28-24-16-21(26(29)30-7)15-23(25(24)18(5)13-17(3)4)20-11-10-12-22(14-20)31-9-2/h8,10-16,18-19,28H,9H2,1-7H3/b27-8-. The van der Waals surface area contributed by atoms with Crippen LogP contribution in [0.3, 0.4) is 0 Å². The van der Waals surface area contributed by atoms with Crippen molar-refractivity contribution in [2.24, 2.45) is 4.99 Å². The van der Waals surface area contributed by atoms with E-state index < -0.39 is 0 Å². The number of nitrogens with zero attached hydrogens (tertiary/aromatic N) is 1. The van der Waals surface area contributed by atoms with E-state index in [-0.39, 0.29) is 18.1 Å². The Bertz CT molecular complexity index is 962. The number of nitrogens with one attached hydrogen (secondary N) is 1. The van der Waals surface area contributed by atoms with Crippen molar-refractivity contribution in [1.29, 1.82) is 0 Å². The van der Waals surface area contributed by atoms with Crippen LogP contribution in [0.2, 0.25) is 0 Å². The highest BCUT2D eigenvalue weighted by Gasteiger charge is 2.21. The first-order valence-corrected chi connectivity index (χ1v) is 11.7. The lowest BCUT2D eigenvalue weighted by Crippen LogP contribution is -2.16. The normalized spacial score (nSPS) is 13.0. The summed E-state index contributed by atoms with van der Waals surface area (Å²) in [7, 11) is 1.41. The molecule has 31 heavy (non-hydrogen) atoms. The Kier molecular flexibility index (Phi) is 9.38. The van der Waals surface area contributed by atoms with Gasteiger partial charge in [-0.1, -0.05) is 37.6 Å². The number of hydrogen-bond donors (Lipinski definition) is 1. The summed E-state index contributed by atoms with van der Waals surface area (Å²) < 4.78 is 5.05. The maximum absolute atomic E-state index is 12.5. The molecule has 0 fully saturated rings. The number of hydrogen-bond acceptors (Lipinski definition) is 5. The van der Waals surface area contributed by atoms with Crippen molar-refractivity contribution >= 4 is 29.6 Å². The van der Waals surface area contributed by atoms with Crippen molar-refractivity contribution in [3.8, 4) is 11.1 Å². The predicted octanol–water partition coefficient (Wildman–Crippen LogP) is 7.17. The molecule has 2 aromatic rings. The molecule has 2 aromatic carbocycles. The summed E-state index contributed by atoms with van der Waals surface area (Å²) in [6.45, 7) is 12.4. The first-order chi connectivity index (χ1) is 14.8. The summed E-state index contributed by atoms with van der Waals surface area (Å²) >= 11 is 1.81. The Labute approximate surface area is 191 Å². The molecule has 0 amide bonds. The van der Waals surface area contributed by atoms with E-state index in [1.807, 2.05) is 37.7 Å². The van der Waals surface area contributed by atoms with E-state index in [9.17, 15) is 4.79 Å². The zero-order valence-corrected chi connectivity index (χ0v) is 20.5. The van der Waals surface area contributed by atoms with Crippen LogP contribution >= 0.6 is 11.8 Å². The summed E-state index contributed by atoms with van der Waals surface area (Å²) in [5.74, 6) is 0.803. The van der Waals surface area contributed by atoms with Crippen molar-refractivity contribution in [3.63, 3.8) is 0 Å². The van der Waals surface area contributed by atoms with Gasteiger partial charge in [0.25, 0.3) is 0 Å². The molecule has 0 aliphatic heterocycles. The minimum Gasteiger partial charge on any atom is -0.465 e. The molecule has 0 radical (unpaired) electrons. The van der Waals surface area contributed by atoms with Gasteiger partial charge in [-0.3, -0.25) is 4.99 Å². The average molecular weight is 439 g/mol. The number of carbonyl (C=O) groups excluding carboxylic acids is 1. The summed E-state index contributed by atoms with van der Waals surface area (Å²) in [5, 5.41) is 3.49. The number of esters is 1. The van der Waals surface area contributed by atoms with E-state index in [0.717, 1.165) is 28.1 Å². The maximum atomic E-state index is 12.5. The molecule has 2 rings (SSSR count). The highest BCUT2D eigenvalue weighted by atomic mass is 32.2. The molecule has 4 nitrogen and oxygen atoms in total. The van der Waals surface area contributed by atoms with Gasteiger partial charge in [0, 0.05) is 16.5 Å². The molecule has 0 heterocycles. The Hall–Kier alpha value is -2.53. The number of anilines is 1. The fraction of sp³-hybridized carbons (Fsp3) is 0.385. The zero-order valence-electron chi connectivity index (χ0n) is 19.7. The van der Waals surface area contributed by atoms with Crippen LogP contribution in [0.15, 0.2) is 57.9 Å². The van der Waals surface area contributed by atoms with Crippen LogP contribution in [0.1, 0.15) is 63.4 Å². The van der Waals surface area contributed by atoms with Crippen molar-refractivity contribution in [1.82, 2.24) is 0 Å². The van der Waals surface area contributed by atoms with Gasteiger partial charge in [-0.15, -0.1) is 11.8 Å². The quantitative estimate of drug-likeness (QED) is 0.195. The maximum Gasteiger partial charge on any atom is 0.337 e. The Morgan fingerprint density at radius 2 is 1.97 bits per heavy atom.